The van der Waals surface area contributed by atoms with Crippen LogP contribution in [0, 0.1) is 0 Å². The molecule has 4 aromatic rings. The monoisotopic (exact) mass is 489 g/mol. The Morgan fingerprint density at radius 3 is 2.55 bits per heavy atom. The van der Waals surface area contributed by atoms with Crippen LogP contribution in [-0.2, 0) is 26.5 Å². The summed E-state index contributed by atoms with van der Waals surface area (Å²) in [6.07, 6.45) is 5.06. The second-order valence-electron chi connectivity index (χ2n) is 8.09. The van der Waals surface area contributed by atoms with E-state index in [2.05, 4.69) is 9.97 Å². The normalized spacial score (nSPS) is 17.9. The zero-order valence-corrected chi connectivity index (χ0v) is 19.5. The van der Waals surface area contributed by atoms with E-state index >= 15 is 0 Å². The Balaban J connectivity index is 1.71. The van der Waals surface area contributed by atoms with E-state index in [1.54, 1.807) is 24.3 Å². The number of rotatable bonds is 6. The lowest BCUT2D eigenvalue weighted by molar-refractivity contribution is 0.293. The van der Waals surface area contributed by atoms with E-state index in [1.165, 1.54) is 35.1 Å². The van der Waals surface area contributed by atoms with Gasteiger partial charge in [0.2, 0.25) is 10.0 Å². The molecule has 0 aliphatic carbocycles. The maximum Gasteiger partial charge on any atom is 0.269 e. The van der Waals surface area contributed by atoms with Crippen LogP contribution in [0.1, 0.15) is 18.3 Å². The quantitative estimate of drug-likeness (QED) is 0.433. The van der Waals surface area contributed by atoms with Gasteiger partial charge in [0.1, 0.15) is 11.3 Å². The first-order valence-corrected chi connectivity index (χ1v) is 13.7. The highest BCUT2D eigenvalue weighted by molar-refractivity contribution is 7.90. The zero-order chi connectivity index (χ0) is 23.4. The molecule has 0 saturated carbocycles. The topological polar surface area (TPSA) is 127 Å². The SMILES string of the molecule is CS(=O)(=O)N1CC[C@@H](n2c(CCO)nc3cnc4c(ccn4S(=O)(=O)c4ccccc4)c32)C1. The molecule has 1 atom stereocenters. The summed E-state index contributed by atoms with van der Waals surface area (Å²) in [5, 5.41) is 10.2. The Kier molecular flexibility index (Phi) is 5.27. The maximum atomic E-state index is 13.2. The molecule has 1 aromatic carbocycles. The minimum absolute atomic E-state index is 0.119. The van der Waals surface area contributed by atoms with Crippen LogP contribution >= 0.6 is 0 Å². The largest absolute Gasteiger partial charge is 0.396 e. The highest BCUT2D eigenvalue weighted by atomic mass is 32.2. The highest BCUT2D eigenvalue weighted by Crippen LogP contribution is 2.34. The first-order valence-electron chi connectivity index (χ1n) is 10.5. The maximum absolute atomic E-state index is 13.2. The fourth-order valence-corrected chi connectivity index (χ4v) is 6.69. The summed E-state index contributed by atoms with van der Waals surface area (Å²) in [7, 11) is -7.20. The summed E-state index contributed by atoms with van der Waals surface area (Å²) >= 11 is 0. The fourth-order valence-electron chi connectivity index (χ4n) is 4.49. The molecule has 1 saturated heterocycles. The first kappa shape index (κ1) is 22.0. The van der Waals surface area contributed by atoms with Crippen LogP contribution in [0.25, 0.3) is 22.1 Å². The van der Waals surface area contributed by atoms with Gasteiger partial charge in [-0.05, 0) is 24.6 Å². The molecule has 3 aromatic heterocycles. The molecule has 0 amide bonds. The van der Waals surface area contributed by atoms with Crippen LogP contribution in [0.15, 0.2) is 53.7 Å². The highest BCUT2D eigenvalue weighted by Gasteiger charge is 2.33. The number of fused-ring (bicyclic) bond motifs is 3. The van der Waals surface area contributed by atoms with Crippen LogP contribution in [0.2, 0.25) is 0 Å². The fraction of sp³-hybridized carbons (Fsp3) is 0.333. The molecular formula is C21H23N5O5S2. The number of aliphatic hydroxyl groups is 1. The van der Waals surface area contributed by atoms with Crippen LogP contribution in [0.3, 0.4) is 0 Å². The van der Waals surface area contributed by atoms with E-state index in [-0.39, 0.29) is 36.2 Å². The van der Waals surface area contributed by atoms with Crippen LogP contribution in [-0.4, -0.2) is 70.7 Å². The minimum atomic E-state index is -3.86. The lowest BCUT2D eigenvalue weighted by atomic mass is 10.2. The van der Waals surface area contributed by atoms with Crippen molar-refractivity contribution < 1.29 is 21.9 Å². The molecule has 0 bridgehead atoms. The van der Waals surface area contributed by atoms with E-state index in [1.807, 2.05) is 4.57 Å². The van der Waals surface area contributed by atoms with Gasteiger partial charge in [0, 0.05) is 31.1 Å². The molecule has 1 aliphatic heterocycles. The molecule has 1 fully saturated rings. The molecule has 12 heteroatoms. The first-order chi connectivity index (χ1) is 15.7. The van der Waals surface area contributed by atoms with Crippen LogP contribution in [0.4, 0.5) is 0 Å². The number of benzene rings is 1. The van der Waals surface area contributed by atoms with Gasteiger partial charge in [-0.25, -0.2) is 35.1 Å². The van der Waals surface area contributed by atoms with Crippen molar-refractivity contribution >= 4 is 42.1 Å². The molecule has 174 valence electrons. The third kappa shape index (κ3) is 3.62. The Morgan fingerprint density at radius 1 is 1.12 bits per heavy atom. The Bertz CT molecular complexity index is 1560. The van der Waals surface area contributed by atoms with Gasteiger partial charge in [0.15, 0.2) is 5.65 Å². The summed E-state index contributed by atoms with van der Waals surface area (Å²) in [6.45, 7) is 0.556. The number of pyridine rings is 1. The van der Waals surface area contributed by atoms with Crippen molar-refractivity contribution in [1.82, 2.24) is 22.8 Å². The average Bonchev–Trinajstić information content (AvgIpc) is 3.50. The van der Waals surface area contributed by atoms with E-state index in [0.29, 0.717) is 35.2 Å². The summed E-state index contributed by atoms with van der Waals surface area (Å²) < 4.78 is 55.1. The van der Waals surface area contributed by atoms with Crippen molar-refractivity contribution in [2.24, 2.45) is 0 Å². The third-order valence-electron chi connectivity index (χ3n) is 6.00. The number of imidazole rings is 1. The number of nitrogens with zero attached hydrogens (tertiary/aromatic N) is 5. The van der Waals surface area contributed by atoms with E-state index < -0.39 is 20.0 Å². The Hall–Kier alpha value is -2.80. The molecule has 0 radical (unpaired) electrons. The standard InChI is InChI=1S/C21H23N5O5S2/c1-32(28,29)24-10-7-15(14-24)26-19(9-12-27)23-18-13-22-21-17(20(18)26)8-11-25(21)33(30,31)16-5-3-2-4-6-16/h2-6,8,11,13,15,27H,7,9-10,12,14H2,1H3/t15-/m1/s1. The minimum Gasteiger partial charge on any atom is -0.396 e. The molecule has 33 heavy (non-hydrogen) atoms. The Morgan fingerprint density at radius 2 is 1.88 bits per heavy atom. The molecule has 5 rings (SSSR count). The molecule has 4 heterocycles. The summed E-state index contributed by atoms with van der Waals surface area (Å²) in [5.74, 6) is 0.612. The van der Waals surface area contributed by atoms with Crippen molar-refractivity contribution in [2.45, 2.75) is 23.8 Å². The van der Waals surface area contributed by atoms with E-state index in [4.69, 9.17) is 0 Å². The number of aromatic nitrogens is 4. The molecule has 1 aliphatic rings. The van der Waals surface area contributed by atoms with Gasteiger partial charge in [0.25, 0.3) is 10.0 Å². The lowest BCUT2D eigenvalue weighted by Crippen LogP contribution is -2.28. The molecule has 0 spiro atoms. The smallest absolute Gasteiger partial charge is 0.269 e. The Labute approximate surface area is 191 Å². The van der Waals surface area contributed by atoms with E-state index in [9.17, 15) is 21.9 Å². The molecule has 0 unspecified atom stereocenters. The number of aliphatic hydroxyl groups excluding tert-OH is 1. The van der Waals surface area contributed by atoms with Crippen LogP contribution < -0.4 is 0 Å². The third-order valence-corrected chi connectivity index (χ3v) is 8.95. The van der Waals surface area contributed by atoms with Gasteiger partial charge >= 0.3 is 0 Å². The van der Waals surface area contributed by atoms with Gasteiger partial charge in [-0.2, -0.15) is 0 Å². The predicted molar refractivity (Wildman–Crippen MR) is 123 cm³/mol. The van der Waals surface area contributed by atoms with Crippen molar-refractivity contribution in [1.29, 1.82) is 0 Å². The number of hydrogen-bond donors (Lipinski definition) is 1. The van der Waals surface area contributed by atoms with Crippen LogP contribution in [0.5, 0.6) is 0 Å². The van der Waals surface area contributed by atoms with Crippen molar-refractivity contribution in [3.63, 3.8) is 0 Å². The van der Waals surface area contributed by atoms with Crippen molar-refractivity contribution in [2.75, 3.05) is 26.0 Å². The van der Waals surface area contributed by atoms with Gasteiger partial charge in [0.05, 0.1) is 35.5 Å². The number of sulfonamides is 1. The van der Waals surface area contributed by atoms with E-state index in [0.717, 1.165) is 3.97 Å². The second kappa shape index (κ2) is 7.90. The summed E-state index contributed by atoms with van der Waals surface area (Å²) in [6, 6.07) is 9.63. The van der Waals surface area contributed by atoms with Crippen molar-refractivity contribution in [3.05, 3.63) is 54.6 Å². The molecule has 10 nitrogen and oxygen atoms in total. The average molecular weight is 490 g/mol. The molecular weight excluding hydrogens is 466 g/mol. The summed E-state index contributed by atoms with van der Waals surface area (Å²) in [4.78, 5) is 9.17. The van der Waals surface area contributed by atoms with Gasteiger partial charge in [-0.1, -0.05) is 18.2 Å². The zero-order valence-electron chi connectivity index (χ0n) is 17.9. The van der Waals surface area contributed by atoms with Gasteiger partial charge in [-0.15, -0.1) is 0 Å². The predicted octanol–water partition coefficient (Wildman–Crippen LogP) is 1.36. The van der Waals surface area contributed by atoms with Gasteiger partial charge in [-0.3, -0.25) is 0 Å². The lowest BCUT2D eigenvalue weighted by Gasteiger charge is -2.18. The molecule has 1 N–H and O–H groups in total. The second-order valence-corrected chi connectivity index (χ2v) is 11.9. The van der Waals surface area contributed by atoms with Gasteiger partial charge < -0.3 is 9.67 Å². The van der Waals surface area contributed by atoms with Crippen molar-refractivity contribution in [3.8, 4) is 0 Å². The summed E-state index contributed by atoms with van der Waals surface area (Å²) in [5.41, 5.74) is 1.52. The number of hydrogen-bond acceptors (Lipinski definition) is 7.